The number of amides is 1. The van der Waals surface area contributed by atoms with Gasteiger partial charge in [0, 0.05) is 0 Å². The van der Waals surface area contributed by atoms with Gasteiger partial charge < -0.3 is 24.3 Å². The van der Waals surface area contributed by atoms with Crippen molar-refractivity contribution < 1.29 is 28.5 Å². The zero-order valence-electron chi connectivity index (χ0n) is 15.5. The van der Waals surface area contributed by atoms with Gasteiger partial charge in [-0.15, -0.1) is 0 Å². The van der Waals surface area contributed by atoms with Crippen LogP contribution in [-0.4, -0.2) is 48.7 Å². The Kier molecular flexibility index (Phi) is 6.93. The molecule has 1 amide bonds. The summed E-state index contributed by atoms with van der Waals surface area (Å²) in [4.78, 5) is 32.3. The zero-order chi connectivity index (χ0) is 19.8. The number of para-hydroxylation sites is 1. The molecule has 0 radical (unpaired) electrons. The SMILES string of the molecule is CCOC(=O)C(C)NC(=O)c1ccccc1Oc1cc(OC)nc(OC)n1. The average molecular weight is 375 g/mol. The van der Waals surface area contributed by atoms with Crippen LogP contribution in [0.1, 0.15) is 24.2 Å². The lowest BCUT2D eigenvalue weighted by molar-refractivity contribution is -0.144. The Morgan fingerprint density at radius 3 is 2.48 bits per heavy atom. The third-order valence-corrected chi connectivity index (χ3v) is 3.38. The number of esters is 1. The van der Waals surface area contributed by atoms with Gasteiger partial charge in [0.2, 0.25) is 11.8 Å². The van der Waals surface area contributed by atoms with Gasteiger partial charge in [-0.25, -0.2) is 4.79 Å². The molecule has 0 aliphatic rings. The molecule has 0 aliphatic heterocycles. The van der Waals surface area contributed by atoms with E-state index in [-0.39, 0.29) is 35.7 Å². The predicted molar refractivity (Wildman–Crippen MR) is 95.2 cm³/mol. The Labute approximate surface area is 156 Å². The maximum atomic E-state index is 12.5. The van der Waals surface area contributed by atoms with Gasteiger partial charge in [0.25, 0.3) is 5.91 Å². The fourth-order valence-electron chi connectivity index (χ4n) is 2.09. The molecule has 1 N–H and O–H groups in total. The zero-order valence-corrected chi connectivity index (χ0v) is 15.5. The molecule has 9 nitrogen and oxygen atoms in total. The highest BCUT2D eigenvalue weighted by molar-refractivity contribution is 5.99. The minimum Gasteiger partial charge on any atom is -0.481 e. The van der Waals surface area contributed by atoms with Gasteiger partial charge in [0.05, 0.1) is 32.5 Å². The quantitative estimate of drug-likeness (QED) is 0.698. The number of nitrogens with one attached hydrogen (secondary N) is 1. The largest absolute Gasteiger partial charge is 0.481 e. The standard InChI is InChI=1S/C18H21N3O6/c1-5-26-17(23)11(2)19-16(22)12-8-6-7-9-13(12)27-15-10-14(24-3)20-18(21-15)25-4/h6-11H,5H2,1-4H3,(H,19,22). The van der Waals surface area contributed by atoms with Gasteiger partial charge in [-0.05, 0) is 26.0 Å². The second kappa shape index (κ2) is 9.37. The predicted octanol–water partition coefficient (Wildman–Crippen LogP) is 1.97. The van der Waals surface area contributed by atoms with E-state index >= 15 is 0 Å². The third kappa shape index (κ3) is 5.30. The second-order valence-corrected chi connectivity index (χ2v) is 5.28. The van der Waals surface area contributed by atoms with E-state index in [4.69, 9.17) is 18.9 Å². The van der Waals surface area contributed by atoms with Crippen LogP contribution in [0.5, 0.6) is 23.5 Å². The molecule has 0 bridgehead atoms. The average Bonchev–Trinajstić information content (AvgIpc) is 2.68. The molecule has 2 rings (SSSR count). The van der Waals surface area contributed by atoms with Crippen LogP contribution in [0, 0.1) is 0 Å². The summed E-state index contributed by atoms with van der Waals surface area (Å²) in [6.45, 7) is 3.47. The third-order valence-electron chi connectivity index (χ3n) is 3.38. The van der Waals surface area contributed by atoms with Crippen LogP contribution in [0.3, 0.4) is 0 Å². The van der Waals surface area contributed by atoms with Gasteiger partial charge in [0.15, 0.2) is 0 Å². The van der Waals surface area contributed by atoms with Gasteiger partial charge in [-0.2, -0.15) is 9.97 Å². The summed E-state index contributed by atoms with van der Waals surface area (Å²) in [5, 5.41) is 2.58. The van der Waals surface area contributed by atoms with E-state index in [1.165, 1.54) is 20.3 Å². The Morgan fingerprint density at radius 2 is 1.81 bits per heavy atom. The van der Waals surface area contributed by atoms with Crippen LogP contribution in [0.25, 0.3) is 0 Å². The Morgan fingerprint density at radius 1 is 1.11 bits per heavy atom. The van der Waals surface area contributed by atoms with E-state index in [9.17, 15) is 9.59 Å². The number of aromatic nitrogens is 2. The first-order valence-electron chi connectivity index (χ1n) is 8.19. The molecule has 27 heavy (non-hydrogen) atoms. The number of rotatable bonds is 8. The van der Waals surface area contributed by atoms with E-state index in [1.807, 2.05) is 0 Å². The molecule has 1 aromatic carbocycles. The van der Waals surface area contributed by atoms with Crippen molar-refractivity contribution in [2.75, 3.05) is 20.8 Å². The fourth-order valence-corrected chi connectivity index (χ4v) is 2.09. The van der Waals surface area contributed by atoms with Crippen molar-refractivity contribution >= 4 is 11.9 Å². The van der Waals surface area contributed by atoms with E-state index < -0.39 is 17.9 Å². The number of carbonyl (C=O) groups excluding carboxylic acids is 2. The molecule has 0 spiro atoms. The first-order valence-corrected chi connectivity index (χ1v) is 8.19. The Hall–Kier alpha value is -3.36. The molecule has 1 heterocycles. The van der Waals surface area contributed by atoms with Crippen molar-refractivity contribution in [3.63, 3.8) is 0 Å². The van der Waals surface area contributed by atoms with Crippen LogP contribution in [-0.2, 0) is 9.53 Å². The summed E-state index contributed by atoms with van der Waals surface area (Å²) >= 11 is 0. The minimum absolute atomic E-state index is 0.0576. The van der Waals surface area contributed by atoms with E-state index in [2.05, 4.69) is 15.3 Å². The molecule has 1 unspecified atom stereocenters. The number of hydrogen-bond donors (Lipinski definition) is 1. The van der Waals surface area contributed by atoms with E-state index in [0.717, 1.165) is 0 Å². The molecular formula is C18H21N3O6. The Balaban J connectivity index is 2.23. The lowest BCUT2D eigenvalue weighted by Gasteiger charge is -2.15. The molecular weight excluding hydrogens is 354 g/mol. The molecule has 2 aromatic rings. The molecule has 0 saturated heterocycles. The summed E-state index contributed by atoms with van der Waals surface area (Å²) < 4.78 is 20.7. The van der Waals surface area contributed by atoms with Crippen LogP contribution in [0.15, 0.2) is 30.3 Å². The van der Waals surface area contributed by atoms with Gasteiger partial charge in [0.1, 0.15) is 11.8 Å². The molecule has 144 valence electrons. The smallest absolute Gasteiger partial charge is 0.328 e. The van der Waals surface area contributed by atoms with Crippen molar-refractivity contribution in [1.82, 2.24) is 15.3 Å². The maximum Gasteiger partial charge on any atom is 0.328 e. The number of methoxy groups -OCH3 is 2. The maximum absolute atomic E-state index is 12.5. The highest BCUT2D eigenvalue weighted by Crippen LogP contribution is 2.27. The molecule has 1 atom stereocenters. The molecule has 1 aromatic heterocycles. The highest BCUT2D eigenvalue weighted by Gasteiger charge is 2.20. The molecule has 0 saturated carbocycles. The summed E-state index contributed by atoms with van der Waals surface area (Å²) in [5.41, 5.74) is 0.227. The molecule has 0 aliphatic carbocycles. The van der Waals surface area contributed by atoms with Gasteiger partial charge in [-0.3, -0.25) is 4.79 Å². The van der Waals surface area contributed by atoms with Crippen LogP contribution in [0.2, 0.25) is 0 Å². The Bertz CT molecular complexity index is 789. The van der Waals surface area contributed by atoms with Gasteiger partial charge in [-0.1, -0.05) is 12.1 Å². The van der Waals surface area contributed by atoms with Crippen molar-refractivity contribution in [1.29, 1.82) is 0 Å². The van der Waals surface area contributed by atoms with Crippen molar-refractivity contribution in [3.8, 4) is 23.5 Å². The topological polar surface area (TPSA) is 109 Å². The summed E-state index contributed by atoms with van der Waals surface area (Å²) in [7, 11) is 2.86. The van der Waals surface area contributed by atoms with E-state index in [0.29, 0.717) is 0 Å². The second-order valence-electron chi connectivity index (χ2n) is 5.28. The first kappa shape index (κ1) is 20.0. The summed E-state index contributed by atoms with van der Waals surface area (Å²) in [5.74, 6) is -0.380. The van der Waals surface area contributed by atoms with Gasteiger partial charge >= 0.3 is 12.0 Å². The van der Waals surface area contributed by atoms with Crippen LogP contribution < -0.4 is 19.5 Å². The van der Waals surface area contributed by atoms with Crippen LogP contribution in [0.4, 0.5) is 0 Å². The minimum atomic E-state index is -0.801. The van der Waals surface area contributed by atoms with Crippen molar-refractivity contribution in [3.05, 3.63) is 35.9 Å². The molecule has 9 heteroatoms. The summed E-state index contributed by atoms with van der Waals surface area (Å²) in [6, 6.07) is 7.27. The number of hydrogen-bond acceptors (Lipinski definition) is 8. The number of carbonyl (C=O) groups is 2. The number of benzene rings is 1. The first-order chi connectivity index (χ1) is 13.0. The van der Waals surface area contributed by atoms with Crippen LogP contribution >= 0.6 is 0 Å². The monoisotopic (exact) mass is 375 g/mol. The lowest BCUT2D eigenvalue weighted by atomic mass is 10.1. The molecule has 0 fully saturated rings. The lowest BCUT2D eigenvalue weighted by Crippen LogP contribution is -2.39. The van der Waals surface area contributed by atoms with Crippen molar-refractivity contribution in [2.45, 2.75) is 19.9 Å². The number of nitrogens with zero attached hydrogens (tertiary/aromatic N) is 2. The highest BCUT2D eigenvalue weighted by atomic mass is 16.5. The fraction of sp³-hybridized carbons (Fsp3) is 0.333. The number of ether oxygens (including phenoxy) is 4. The van der Waals surface area contributed by atoms with E-state index in [1.54, 1.807) is 38.1 Å². The van der Waals surface area contributed by atoms with Crippen molar-refractivity contribution in [2.24, 2.45) is 0 Å². The summed E-state index contributed by atoms with van der Waals surface area (Å²) in [6.07, 6.45) is 0. The normalized spacial score (nSPS) is 11.3.